The molecule has 5 heteroatoms. The summed E-state index contributed by atoms with van der Waals surface area (Å²) in [5, 5.41) is 3.19. The average molecular weight is 262 g/mol. The van der Waals surface area contributed by atoms with Gasteiger partial charge in [-0.1, -0.05) is 6.92 Å². The van der Waals surface area contributed by atoms with Crippen LogP contribution in [-0.4, -0.2) is 28.5 Å². The SMILES string of the molecule is Cc1ncnc(N(C)CC(C)c2nccs2)c1C. The lowest BCUT2D eigenvalue weighted by Crippen LogP contribution is -2.25. The smallest absolute Gasteiger partial charge is 0.134 e. The first-order chi connectivity index (χ1) is 8.59. The molecule has 0 aliphatic rings. The third kappa shape index (κ3) is 2.67. The molecular formula is C13H18N4S. The minimum absolute atomic E-state index is 0.407. The van der Waals surface area contributed by atoms with Gasteiger partial charge in [0.1, 0.15) is 12.1 Å². The molecule has 1 unspecified atom stereocenters. The van der Waals surface area contributed by atoms with Crippen molar-refractivity contribution in [1.82, 2.24) is 15.0 Å². The molecule has 0 fully saturated rings. The molecule has 96 valence electrons. The van der Waals surface area contributed by atoms with Crippen LogP contribution in [0.2, 0.25) is 0 Å². The van der Waals surface area contributed by atoms with Gasteiger partial charge in [-0.3, -0.25) is 0 Å². The summed E-state index contributed by atoms with van der Waals surface area (Å²) in [6.07, 6.45) is 3.48. The van der Waals surface area contributed by atoms with E-state index in [4.69, 9.17) is 0 Å². The molecule has 2 heterocycles. The van der Waals surface area contributed by atoms with E-state index < -0.39 is 0 Å². The Morgan fingerprint density at radius 2 is 2.06 bits per heavy atom. The van der Waals surface area contributed by atoms with Crippen molar-refractivity contribution in [1.29, 1.82) is 0 Å². The number of hydrogen-bond donors (Lipinski definition) is 0. The summed E-state index contributed by atoms with van der Waals surface area (Å²) in [6.45, 7) is 7.18. The summed E-state index contributed by atoms with van der Waals surface area (Å²) >= 11 is 1.71. The average Bonchev–Trinajstić information content (AvgIpc) is 2.86. The summed E-state index contributed by atoms with van der Waals surface area (Å²) < 4.78 is 0. The van der Waals surface area contributed by atoms with Crippen LogP contribution >= 0.6 is 11.3 Å². The molecule has 18 heavy (non-hydrogen) atoms. The molecule has 0 saturated heterocycles. The van der Waals surface area contributed by atoms with Crippen LogP contribution in [0.3, 0.4) is 0 Å². The zero-order chi connectivity index (χ0) is 13.1. The van der Waals surface area contributed by atoms with Gasteiger partial charge in [0, 0.05) is 42.3 Å². The molecule has 4 nitrogen and oxygen atoms in total. The summed E-state index contributed by atoms with van der Waals surface area (Å²) in [6, 6.07) is 0. The number of anilines is 1. The standard InChI is InChI=1S/C13H18N4S/c1-9(13-14-5-6-18-13)7-17(4)12-10(2)11(3)15-8-16-12/h5-6,8-9H,7H2,1-4H3. The number of thiazole rings is 1. The van der Waals surface area contributed by atoms with E-state index in [9.17, 15) is 0 Å². The fraction of sp³-hybridized carbons (Fsp3) is 0.462. The summed E-state index contributed by atoms with van der Waals surface area (Å²) in [7, 11) is 2.07. The highest BCUT2D eigenvalue weighted by molar-refractivity contribution is 7.09. The van der Waals surface area contributed by atoms with E-state index in [2.05, 4.69) is 40.7 Å². The second-order valence-electron chi connectivity index (χ2n) is 4.56. The molecule has 0 bridgehead atoms. The Bertz CT molecular complexity index is 510. The van der Waals surface area contributed by atoms with E-state index in [1.165, 1.54) is 5.01 Å². The van der Waals surface area contributed by atoms with Crippen LogP contribution in [0.1, 0.15) is 29.1 Å². The minimum atomic E-state index is 0.407. The Kier molecular flexibility index (Phi) is 3.91. The van der Waals surface area contributed by atoms with Gasteiger partial charge < -0.3 is 4.90 Å². The number of nitrogens with zero attached hydrogens (tertiary/aromatic N) is 4. The Labute approximate surface area is 112 Å². The molecular weight excluding hydrogens is 244 g/mol. The molecule has 0 spiro atoms. The maximum atomic E-state index is 4.37. The third-order valence-corrected chi connectivity index (χ3v) is 4.10. The van der Waals surface area contributed by atoms with Gasteiger partial charge in [-0.25, -0.2) is 15.0 Å². The van der Waals surface area contributed by atoms with Crippen molar-refractivity contribution in [2.24, 2.45) is 0 Å². The monoisotopic (exact) mass is 262 g/mol. The third-order valence-electron chi connectivity index (χ3n) is 3.09. The molecule has 0 aliphatic heterocycles. The van der Waals surface area contributed by atoms with Crippen LogP contribution in [0.15, 0.2) is 17.9 Å². The predicted octanol–water partition coefficient (Wildman–Crippen LogP) is 2.79. The molecule has 0 N–H and O–H groups in total. The van der Waals surface area contributed by atoms with Gasteiger partial charge in [-0.15, -0.1) is 11.3 Å². The van der Waals surface area contributed by atoms with Crippen LogP contribution in [0.4, 0.5) is 5.82 Å². The van der Waals surface area contributed by atoms with Gasteiger partial charge in [0.25, 0.3) is 0 Å². The van der Waals surface area contributed by atoms with Crippen molar-refractivity contribution in [2.45, 2.75) is 26.7 Å². The van der Waals surface area contributed by atoms with Gasteiger partial charge in [0.15, 0.2) is 0 Å². The van der Waals surface area contributed by atoms with Gasteiger partial charge in [0.2, 0.25) is 0 Å². The molecule has 2 aromatic heterocycles. The highest BCUT2D eigenvalue weighted by atomic mass is 32.1. The van der Waals surface area contributed by atoms with E-state index in [0.717, 1.165) is 23.6 Å². The second kappa shape index (κ2) is 5.44. The second-order valence-corrected chi connectivity index (χ2v) is 5.49. The molecule has 0 saturated carbocycles. The number of aryl methyl sites for hydroxylation is 1. The molecule has 0 amide bonds. The van der Waals surface area contributed by atoms with Crippen LogP contribution < -0.4 is 4.90 Å². The highest BCUT2D eigenvalue weighted by Gasteiger charge is 2.14. The lowest BCUT2D eigenvalue weighted by atomic mass is 10.1. The first-order valence-electron chi connectivity index (χ1n) is 5.98. The van der Waals surface area contributed by atoms with Crippen molar-refractivity contribution in [3.63, 3.8) is 0 Å². The number of hydrogen-bond acceptors (Lipinski definition) is 5. The topological polar surface area (TPSA) is 41.9 Å². The van der Waals surface area contributed by atoms with Crippen molar-refractivity contribution < 1.29 is 0 Å². The number of likely N-dealkylation sites (N-methyl/N-ethyl adjacent to an activating group) is 1. The quantitative estimate of drug-likeness (QED) is 0.849. The van der Waals surface area contributed by atoms with Gasteiger partial charge >= 0.3 is 0 Å². The van der Waals surface area contributed by atoms with Gasteiger partial charge in [-0.05, 0) is 13.8 Å². The normalized spacial score (nSPS) is 12.4. The van der Waals surface area contributed by atoms with E-state index in [1.54, 1.807) is 17.7 Å². The minimum Gasteiger partial charge on any atom is -0.359 e. The lowest BCUT2D eigenvalue weighted by Gasteiger charge is -2.23. The Balaban J connectivity index is 2.12. The molecule has 0 aliphatic carbocycles. The summed E-state index contributed by atoms with van der Waals surface area (Å²) in [4.78, 5) is 15.1. The first kappa shape index (κ1) is 13.0. The highest BCUT2D eigenvalue weighted by Crippen LogP contribution is 2.22. The fourth-order valence-electron chi connectivity index (χ4n) is 1.96. The van der Waals surface area contributed by atoms with E-state index in [0.29, 0.717) is 5.92 Å². The largest absolute Gasteiger partial charge is 0.359 e. The first-order valence-corrected chi connectivity index (χ1v) is 6.86. The van der Waals surface area contributed by atoms with E-state index >= 15 is 0 Å². The fourth-order valence-corrected chi connectivity index (χ4v) is 2.65. The number of rotatable bonds is 4. The van der Waals surface area contributed by atoms with Gasteiger partial charge in [-0.2, -0.15) is 0 Å². The maximum absolute atomic E-state index is 4.37. The summed E-state index contributed by atoms with van der Waals surface area (Å²) in [5.74, 6) is 1.41. The van der Waals surface area contributed by atoms with Crippen molar-refractivity contribution in [3.05, 3.63) is 34.2 Å². The van der Waals surface area contributed by atoms with Crippen LogP contribution in [0.25, 0.3) is 0 Å². The van der Waals surface area contributed by atoms with Gasteiger partial charge in [0.05, 0.1) is 5.01 Å². The predicted molar refractivity (Wildman–Crippen MR) is 75.3 cm³/mol. The molecule has 0 aromatic carbocycles. The lowest BCUT2D eigenvalue weighted by molar-refractivity contribution is 0.718. The zero-order valence-corrected chi connectivity index (χ0v) is 12.0. The Morgan fingerprint density at radius 3 is 2.72 bits per heavy atom. The van der Waals surface area contributed by atoms with Crippen LogP contribution in [-0.2, 0) is 0 Å². The van der Waals surface area contributed by atoms with Crippen molar-refractivity contribution in [2.75, 3.05) is 18.5 Å². The zero-order valence-electron chi connectivity index (χ0n) is 11.2. The van der Waals surface area contributed by atoms with Crippen molar-refractivity contribution >= 4 is 17.2 Å². The van der Waals surface area contributed by atoms with Crippen LogP contribution in [0, 0.1) is 13.8 Å². The Morgan fingerprint density at radius 1 is 1.28 bits per heavy atom. The summed E-state index contributed by atoms with van der Waals surface area (Å²) in [5.41, 5.74) is 2.18. The molecule has 2 rings (SSSR count). The molecule has 2 aromatic rings. The Hall–Kier alpha value is -1.49. The maximum Gasteiger partial charge on any atom is 0.134 e. The molecule has 0 radical (unpaired) electrons. The van der Waals surface area contributed by atoms with Crippen molar-refractivity contribution in [3.8, 4) is 0 Å². The number of aromatic nitrogens is 3. The molecule has 1 atom stereocenters. The van der Waals surface area contributed by atoms with Crippen LogP contribution in [0.5, 0.6) is 0 Å². The van der Waals surface area contributed by atoms with E-state index in [1.807, 2.05) is 18.5 Å². The van der Waals surface area contributed by atoms with E-state index in [-0.39, 0.29) is 0 Å².